The molecule has 0 aromatic heterocycles. The van der Waals surface area contributed by atoms with Gasteiger partial charge in [0.05, 0.1) is 4.92 Å². The lowest BCUT2D eigenvalue weighted by molar-refractivity contribution is -0.387. The van der Waals surface area contributed by atoms with Crippen molar-refractivity contribution in [2.45, 2.75) is 0 Å². The van der Waals surface area contributed by atoms with Crippen molar-refractivity contribution < 1.29 is 13.7 Å². The number of nitro benzene ring substituents is 1. The average molecular weight is 237 g/mol. The van der Waals surface area contributed by atoms with E-state index in [9.17, 15) is 18.9 Å². The smallest absolute Gasteiger partial charge is 0.258 e. The van der Waals surface area contributed by atoms with E-state index in [2.05, 4.69) is 0 Å². The van der Waals surface area contributed by atoms with Crippen LogP contribution in [-0.2, 0) is 0 Å². The van der Waals surface area contributed by atoms with Crippen molar-refractivity contribution in [1.82, 2.24) is 0 Å². The number of hydrogen-bond donors (Lipinski definition) is 0. The van der Waals surface area contributed by atoms with Crippen LogP contribution in [-0.4, -0.2) is 4.92 Å². The van der Waals surface area contributed by atoms with E-state index >= 15 is 0 Å². The van der Waals surface area contributed by atoms with Gasteiger partial charge in [-0.05, 0) is 18.2 Å². The minimum atomic E-state index is -0.799. The maximum absolute atomic E-state index is 12.4. The van der Waals surface area contributed by atoms with Crippen molar-refractivity contribution in [3.05, 3.63) is 76.3 Å². The molecule has 0 heterocycles. The Bertz CT molecular complexity index is 489. The minimum Gasteiger partial charge on any atom is -0.258 e. The van der Waals surface area contributed by atoms with Crippen molar-refractivity contribution in [3.63, 3.8) is 0 Å². The van der Waals surface area contributed by atoms with Crippen LogP contribution < -0.4 is 0 Å². The van der Waals surface area contributed by atoms with Gasteiger partial charge in [-0.2, -0.15) is 4.39 Å². The van der Waals surface area contributed by atoms with Gasteiger partial charge in [0, 0.05) is 6.07 Å². The Morgan fingerprint density at radius 1 is 0.882 bits per heavy atom. The van der Waals surface area contributed by atoms with Crippen molar-refractivity contribution in [3.8, 4) is 0 Å². The molecule has 0 amide bonds. The Kier molecular flexibility index (Phi) is 4.75. The molecule has 2 aromatic carbocycles. The van der Waals surface area contributed by atoms with Crippen molar-refractivity contribution >= 4 is 5.69 Å². The molecule has 0 saturated carbocycles. The summed E-state index contributed by atoms with van der Waals surface area (Å²) in [6.45, 7) is 0. The van der Waals surface area contributed by atoms with Crippen LogP contribution in [0.15, 0.2) is 54.6 Å². The lowest BCUT2D eigenvalue weighted by atomic mass is 10.3. The van der Waals surface area contributed by atoms with Gasteiger partial charge in [0.15, 0.2) is 0 Å². The molecule has 0 N–H and O–H groups in total. The van der Waals surface area contributed by atoms with Gasteiger partial charge in [-0.15, -0.1) is 0 Å². The predicted molar refractivity (Wildman–Crippen MR) is 59.5 cm³/mol. The average Bonchev–Trinajstić information content (AvgIpc) is 2.31. The summed E-state index contributed by atoms with van der Waals surface area (Å²) in [5.74, 6) is -0.977. The molecule has 0 fully saturated rings. The fraction of sp³-hybridized carbons (Fsp3) is 0. The Morgan fingerprint density at radius 3 is 1.76 bits per heavy atom. The summed E-state index contributed by atoms with van der Waals surface area (Å²) in [7, 11) is 0. The fourth-order valence-corrected chi connectivity index (χ4v) is 1.01. The largest absolute Gasteiger partial charge is 0.304 e. The van der Waals surface area contributed by atoms with E-state index in [0.29, 0.717) is 0 Å². The Hall–Kier alpha value is -2.30. The number of halogens is 2. The zero-order valence-corrected chi connectivity index (χ0v) is 8.72. The normalized spacial score (nSPS) is 9.06. The number of nitro groups is 1. The second-order valence-electron chi connectivity index (χ2n) is 3.00. The first-order valence-electron chi connectivity index (χ1n) is 4.70. The molecule has 2 rings (SSSR count). The minimum absolute atomic E-state index is 0.178. The maximum Gasteiger partial charge on any atom is 0.304 e. The van der Waals surface area contributed by atoms with Crippen LogP contribution in [0, 0.1) is 21.7 Å². The Labute approximate surface area is 96.5 Å². The molecule has 88 valence electrons. The van der Waals surface area contributed by atoms with E-state index in [0.717, 1.165) is 12.1 Å². The summed E-state index contributed by atoms with van der Waals surface area (Å²) in [5, 5.41) is 9.99. The molecule has 0 unspecified atom stereocenters. The third-order valence-electron chi connectivity index (χ3n) is 1.78. The highest BCUT2D eigenvalue weighted by Gasteiger charge is 2.10. The summed E-state index contributed by atoms with van der Waals surface area (Å²) in [6, 6.07) is 12.9. The summed E-state index contributed by atoms with van der Waals surface area (Å²) in [6.07, 6.45) is 0. The van der Waals surface area contributed by atoms with Gasteiger partial charge in [0.1, 0.15) is 5.82 Å². The number of nitrogens with zero attached hydrogens (tertiary/aromatic N) is 1. The second kappa shape index (κ2) is 6.32. The summed E-state index contributed by atoms with van der Waals surface area (Å²) < 4.78 is 24.3. The SMILES string of the molecule is Fc1ccccc1.O=[N+]([O-])c1ccccc1F. The van der Waals surface area contributed by atoms with Crippen LogP contribution in [0.1, 0.15) is 0 Å². The molecule has 0 aliphatic rings. The number of para-hydroxylation sites is 1. The van der Waals surface area contributed by atoms with E-state index in [1.54, 1.807) is 18.2 Å². The number of rotatable bonds is 1. The molecular formula is C12H9F2NO2. The highest BCUT2D eigenvalue weighted by atomic mass is 19.1. The van der Waals surface area contributed by atoms with Crippen LogP contribution in [0.2, 0.25) is 0 Å². The molecule has 0 aliphatic carbocycles. The van der Waals surface area contributed by atoms with Gasteiger partial charge >= 0.3 is 5.69 Å². The molecule has 0 radical (unpaired) electrons. The van der Waals surface area contributed by atoms with E-state index in [1.807, 2.05) is 0 Å². The van der Waals surface area contributed by atoms with Crippen molar-refractivity contribution in [1.29, 1.82) is 0 Å². The van der Waals surface area contributed by atoms with E-state index < -0.39 is 16.4 Å². The van der Waals surface area contributed by atoms with Crippen LogP contribution in [0.5, 0.6) is 0 Å². The third-order valence-corrected chi connectivity index (χ3v) is 1.78. The van der Waals surface area contributed by atoms with Crippen LogP contribution in [0.3, 0.4) is 0 Å². The zero-order chi connectivity index (χ0) is 12.7. The van der Waals surface area contributed by atoms with Crippen LogP contribution >= 0.6 is 0 Å². The summed E-state index contributed by atoms with van der Waals surface area (Å²) in [4.78, 5) is 9.23. The van der Waals surface area contributed by atoms with Gasteiger partial charge in [-0.1, -0.05) is 30.3 Å². The van der Waals surface area contributed by atoms with E-state index in [-0.39, 0.29) is 5.82 Å². The molecule has 0 saturated heterocycles. The van der Waals surface area contributed by atoms with Gasteiger partial charge in [-0.25, -0.2) is 4.39 Å². The highest BCUT2D eigenvalue weighted by molar-refractivity contribution is 5.30. The summed E-state index contributed by atoms with van der Waals surface area (Å²) >= 11 is 0. The fourth-order valence-electron chi connectivity index (χ4n) is 1.01. The maximum atomic E-state index is 12.4. The third kappa shape index (κ3) is 4.38. The molecular weight excluding hydrogens is 228 g/mol. The zero-order valence-electron chi connectivity index (χ0n) is 8.72. The van der Waals surface area contributed by atoms with Gasteiger partial charge in [0.25, 0.3) is 0 Å². The molecule has 0 bridgehead atoms. The van der Waals surface area contributed by atoms with Crippen molar-refractivity contribution in [2.75, 3.05) is 0 Å². The lowest BCUT2D eigenvalue weighted by Gasteiger charge is -1.89. The van der Waals surface area contributed by atoms with Crippen molar-refractivity contribution in [2.24, 2.45) is 0 Å². The standard InChI is InChI=1S/C6H4FNO2.C6H5F/c7-5-3-1-2-4-6(5)8(9)10;7-6-4-2-1-3-5-6/h1-4H;1-5H. The van der Waals surface area contributed by atoms with Gasteiger partial charge < -0.3 is 0 Å². The Balaban J connectivity index is 0.000000181. The molecule has 3 nitrogen and oxygen atoms in total. The first kappa shape index (κ1) is 12.8. The predicted octanol–water partition coefficient (Wildman–Crippen LogP) is 3.56. The number of benzene rings is 2. The van der Waals surface area contributed by atoms with Crippen LogP contribution in [0.25, 0.3) is 0 Å². The topological polar surface area (TPSA) is 43.1 Å². The highest BCUT2D eigenvalue weighted by Crippen LogP contribution is 2.14. The van der Waals surface area contributed by atoms with Gasteiger partial charge in [-0.3, -0.25) is 10.1 Å². The molecule has 2 aromatic rings. The van der Waals surface area contributed by atoms with Gasteiger partial charge in [0.2, 0.25) is 5.82 Å². The Morgan fingerprint density at radius 2 is 1.41 bits per heavy atom. The molecule has 0 aliphatic heterocycles. The van der Waals surface area contributed by atoms with E-state index in [4.69, 9.17) is 0 Å². The quantitative estimate of drug-likeness (QED) is 0.562. The molecule has 0 atom stereocenters. The lowest BCUT2D eigenvalue weighted by Crippen LogP contribution is -1.90. The molecule has 17 heavy (non-hydrogen) atoms. The van der Waals surface area contributed by atoms with Crippen LogP contribution in [0.4, 0.5) is 14.5 Å². The number of hydrogen-bond acceptors (Lipinski definition) is 2. The molecule has 5 heteroatoms. The molecule has 0 spiro atoms. The second-order valence-corrected chi connectivity index (χ2v) is 3.00. The summed E-state index contributed by atoms with van der Waals surface area (Å²) in [5.41, 5.74) is -0.484. The first-order chi connectivity index (χ1) is 8.11. The first-order valence-corrected chi connectivity index (χ1v) is 4.70. The van der Waals surface area contributed by atoms with E-state index in [1.165, 1.54) is 24.3 Å². The monoisotopic (exact) mass is 237 g/mol.